The number of ether oxygens (including phenoxy) is 1. The highest BCUT2D eigenvalue weighted by atomic mass is 16.5. The first-order valence-corrected chi connectivity index (χ1v) is 6.86. The van der Waals surface area contributed by atoms with Gasteiger partial charge in [0.05, 0.1) is 12.1 Å². The van der Waals surface area contributed by atoms with Crippen LogP contribution in [0.2, 0.25) is 0 Å². The van der Waals surface area contributed by atoms with Gasteiger partial charge >= 0.3 is 0 Å². The average Bonchev–Trinajstić information content (AvgIpc) is 2.75. The Kier molecular flexibility index (Phi) is 3.04. The zero-order valence-corrected chi connectivity index (χ0v) is 11.1. The molecule has 2 aliphatic rings. The molecule has 2 aliphatic heterocycles. The number of anilines is 1. The first-order valence-electron chi connectivity index (χ1n) is 6.86. The molecule has 2 heterocycles. The molecule has 2 unspecified atom stereocenters. The molecule has 0 aromatic heterocycles. The van der Waals surface area contributed by atoms with Crippen molar-refractivity contribution < 1.29 is 4.74 Å². The third kappa shape index (κ3) is 2.25. The Bertz CT molecular complexity index is 426. The van der Waals surface area contributed by atoms with Crippen molar-refractivity contribution in [2.75, 3.05) is 31.2 Å². The molecule has 2 N–H and O–H groups in total. The van der Waals surface area contributed by atoms with E-state index in [1.54, 1.807) is 0 Å². The third-order valence-electron chi connectivity index (χ3n) is 4.07. The molecule has 0 amide bonds. The van der Waals surface area contributed by atoms with Gasteiger partial charge in [-0.15, -0.1) is 0 Å². The standard InChI is InChI=1S/C15H22N2O/c1-12-8-13-4-2-3-5-14(13)17(9-12)10-15(16)6-7-18-11-15/h2-5,12H,6-11,16H2,1H3. The van der Waals surface area contributed by atoms with E-state index in [1.807, 2.05) is 0 Å². The summed E-state index contributed by atoms with van der Waals surface area (Å²) in [6, 6.07) is 8.72. The molecule has 0 bridgehead atoms. The van der Waals surface area contributed by atoms with Crippen LogP contribution in [0.4, 0.5) is 5.69 Å². The normalized spacial score (nSPS) is 31.4. The number of benzene rings is 1. The van der Waals surface area contributed by atoms with Crippen molar-refractivity contribution in [3.8, 4) is 0 Å². The van der Waals surface area contributed by atoms with E-state index >= 15 is 0 Å². The van der Waals surface area contributed by atoms with Crippen LogP contribution in [0.3, 0.4) is 0 Å². The van der Waals surface area contributed by atoms with E-state index in [9.17, 15) is 0 Å². The summed E-state index contributed by atoms with van der Waals surface area (Å²) in [5.74, 6) is 0.700. The van der Waals surface area contributed by atoms with Crippen molar-refractivity contribution in [3.63, 3.8) is 0 Å². The van der Waals surface area contributed by atoms with E-state index in [2.05, 4.69) is 36.1 Å². The molecule has 0 radical (unpaired) electrons. The molecule has 0 aliphatic carbocycles. The van der Waals surface area contributed by atoms with Crippen molar-refractivity contribution in [3.05, 3.63) is 29.8 Å². The summed E-state index contributed by atoms with van der Waals surface area (Å²) >= 11 is 0. The lowest BCUT2D eigenvalue weighted by molar-refractivity contribution is 0.178. The fourth-order valence-electron chi connectivity index (χ4n) is 3.18. The molecule has 3 nitrogen and oxygen atoms in total. The van der Waals surface area contributed by atoms with E-state index < -0.39 is 0 Å². The highest BCUT2D eigenvalue weighted by molar-refractivity contribution is 5.56. The minimum Gasteiger partial charge on any atom is -0.379 e. The summed E-state index contributed by atoms with van der Waals surface area (Å²) in [6.07, 6.45) is 2.15. The summed E-state index contributed by atoms with van der Waals surface area (Å²) in [4.78, 5) is 2.46. The lowest BCUT2D eigenvalue weighted by Gasteiger charge is -2.39. The maximum atomic E-state index is 6.43. The number of fused-ring (bicyclic) bond motifs is 1. The SMILES string of the molecule is CC1Cc2ccccc2N(CC2(N)CCOC2)C1. The van der Waals surface area contributed by atoms with Crippen molar-refractivity contribution in [2.24, 2.45) is 11.7 Å². The van der Waals surface area contributed by atoms with Crippen molar-refractivity contribution >= 4 is 5.69 Å². The summed E-state index contributed by atoms with van der Waals surface area (Å²) in [7, 11) is 0. The monoisotopic (exact) mass is 246 g/mol. The summed E-state index contributed by atoms with van der Waals surface area (Å²) in [5, 5.41) is 0. The van der Waals surface area contributed by atoms with Crippen LogP contribution in [-0.4, -0.2) is 31.8 Å². The first kappa shape index (κ1) is 12.0. The van der Waals surface area contributed by atoms with Crippen LogP contribution in [-0.2, 0) is 11.2 Å². The van der Waals surface area contributed by atoms with E-state index in [0.717, 1.165) is 26.1 Å². The van der Waals surface area contributed by atoms with Crippen LogP contribution in [0.25, 0.3) is 0 Å². The van der Waals surface area contributed by atoms with Crippen LogP contribution < -0.4 is 10.6 Å². The van der Waals surface area contributed by atoms with Gasteiger partial charge in [0.2, 0.25) is 0 Å². The average molecular weight is 246 g/mol. The second kappa shape index (κ2) is 4.56. The second-order valence-electron chi connectivity index (χ2n) is 5.98. The summed E-state index contributed by atoms with van der Waals surface area (Å²) in [6.45, 7) is 5.84. The van der Waals surface area contributed by atoms with Gasteiger partial charge in [0.25, 0.3) is 0 Å². The highest BCUT2D eigenvalue weighted by Crippen LogP contribution is 2.31. The van der Waals surface area contributed by atoms with E-state index in [0.29, 0.717) is 12.5 Å². The predicted molar refractivity (Wildman–Crippen MR) is 73.9 cm³/mol. The Morgan fingerprint density at radius 1 is 1.44 bits per heavy atom. The molecule has 0 saturated carbocycles. The van der Waals surface area contributed by atoms with Crippen LogP contribution >= 0.6 is 0 Å². The smallest absolute Gasteiger partial charge is 0.0664 e. The molecule has 1 aromatic rings. The van der Waals surface area contributed by atoms with E-state index in [-0.39, 0.29) is 5.54 Å². The largest absolute Gasteiger partial charge is 0.379 e. The molecular weight excluding hydrogens is 224 g/mol. The summed E-state index contributed by atoms with van der Waals surface area (Å²) in [5.41, 5.74) is 9.09. The van der Waals surface area contributed by atoms with Crippen molar-refractivity contribution in [2.45, 2.75) is 25.3 Å². The third-order valence-corrected chi connectivity index (χ3v) is 4.07. The molecule has 2 atom stereocenters. The predicted octanol–water partition coefficient (Wildman–Crippen LogP) is 1.80. The van der Waals surface area contributed by atoms with Gasteiger partial charge in [-0.3, -0.25) is 0 Å². The zero-order valence-electron chi connectivity index (χ0n) is 11.1. The van der Waals surface area contributed by atoms with Crippen LogP contribution in [0.5, 0.6) is 0 Å². The van der Waals surface area contributed by atoms with Crippen LogP contribution in [0, 0.1) is 5.92 Å². The Hall–Kier alpha value is -1.06. The minimum absolute atomic E-state index is 0.163. The molecule has 18 heavy (non-hydrogen) atoms. The number of rotatable bonds is 2. The maximum absolute atomic E-state index is 6.43. The molecule has 1 aromatic carbocycles. The Balaban J connectivity index is 1.84. The lowest BCUT2D eigenvalue weighted by Crippen LogP contribution is -2.53. The Morgan fingerprint density at radius 3 is 3.06 bits per heavy atom. The van der Waals surface area contributed by atoms with Gasteiger partial charge in [-0.2, -0.15) is 0 Å². The van der Waals surface area contributed by atoms with Gasteiger partial charge in [-0.1, -0.05) is 25.1 Å². The topological polar surface area (TPSA) is 38.5 Å². The minimum atomic E-state index is -0.163. The quantitative estimate of drug-likeness (QED) is 0.865. The molecule has 3 rings (SSSR count). The van der Waals surface area contributed by atoms with Crippen LogP contribution in [0.15, 0.2) is 24.3 Å². The maximum Gasteiger partial charge on any atom is 0.0664 e. The number of hydrogen-bond acceptors (Lipinski definition) is 3. The van der Waals surface area contributed by atoms with E-state index in [4.69, 9.17) is 10.5 Å². The highest BCUT2D eigenvalue weighted by Gasteiger charge is 2.34. The molecule has 0 spiro atoms. The van der Waals surface area contributed by atoms with Gasteiger partial charge in [-0.25, -0.2) is 0 Å². The van der Waals surface area contributed by atoms with Gasteiger partial charge in [0, 0.05) is 25.4 Å². The molecular formula is C15H22N2O. The Labute approximate surface area is 109 Å². The summed E-state index contributed by atoms with van der Waals surface area (Å²) < 4.78 is 5.46. The molecule has 98 valence electrons. The second-order valence-corrected chi connectivity index (χ2v) is 5.98. The van der Waals surface area contributed by atoms with Crippen LogP contribution in [0.1, 0.15) is 18.9 Å². The fourth-order valence-corrected chi connectivity index (χ4v) is 3.18. The van der Waals surface area contributed by atoms with Gasteiger partial charge in [0.1, 0.15) is 0 Å². The molecule has 3 heteroatoms. The number of para-hydroxylation sites is 1. The first-order chi connectivity index (χ1) is 8.66. The van der Waals surface area contributed by atoms with Gasteiger partial charge in [-0.05, 0) is 30.4 Å². The molecule has 1 fully saturated rings. The lowest BCUT2D eigenvalue weighted by atomic mass is 9.91. The number of nitrogens with zero attached hydrogens (tertiary/aromatic N) is 1. The van der Waals surface area contributed by atoms with Crippen molar-refractivity contribution in [1.82, 2.24) is 0 Å². The van der Waals surface area contributed by atoms with Gasteiger partial charge < -0.3 is 15.4 Å². The molecule has 1 saturated heterocycles. The number of hydrogen-bond donors (Lipinski definition) is 1. The van der Waals surface area contributed by atoms with Crippen molar-refractivity contribution in [1.29, 1.82) is 0 Å². The van der Waals surface area contributed by atoms with E-state index in [1.165, 1.54) is 17.7 Å². The fraction of sp³-hybridized carbons (Fsp3) is 0.600. The van der Waals surface area contributed by atoms with Gasteiger partial charge in [0.15, 0.2) is 0 Å². The Morgan fingerprint density at radius 2 is 2.28 bits per heavy atom. The zero-order chi connectivity index (χ0) is 12.6. The number of nitrogens with two attached hydrogens (primary N) is 1.